The van der Waals surface area contributed by atoms with Gasteiger partial charge in [0, 0.05) is 24.7 Å². The van der Waals surface area contributed by atoms with E-state index in [4.69, 9.17) is 9.79 Å². The molecule has 2 N–H and O–H groups in total. The molecule has 1 heterocycles. The van der Waals surface area contributed by atoms with E-state index in [1.54, 1.807) is 33.0 Å². The van der Waals surface area contributed by atoms with Gasteiger partial charge in [-0.15, -0.1) is 0 Å². The van der Waals surface area contributed by atoms with Gasteiger partial charge >= 0.3 is 7.82 Å². The summed E-state index contributed by atoms with van der Waals surface area (Å²) in [6, 6.07) is 3.21. The van der Waals surface area contributed by atoms with Crippen molar-refractivity contribution in [3.8, 4) is 0 Å². The molecular weight excluding hydrogens is 271 g/mol. The summed E-state index contributed by atoms with van der Waals surface area (Å²) in [4.78, 5) is 34.7. The fraction of sp³-hybridized carbons (Fsp3) is 0.455. The summed E-state index contributed by atoms with van der Waals surface area (Å²) >= 11 is 0. The number of hydrogen-bond acceptors (Lipinski definition) is 4. The molecule has 1 aromatic rings. The van der Waals surface area contributed by atoms with Gasteiger partial charge in [-0.1, -0.05) is 19.9 Å². The van der Waals surface area contributed by atoms with Crippen LogP contribution in [0.15, 0.2) is 18.3 Å². The molecule has 0 saturated carbocycles. The maximum atomic E-state index is 11.9. The Morgan fingerprint density at radius 2 is 2.16 bits per heavy atom. The van der Waals surface area contributed by atoms with E-state index in [2.05, 4.69) is 9.51 Å². The van der Waals surface area contributed by atoms with Crippen molar-refractivity contribution >= 4 is 19.5 Å². The van der Waals surface area contributed by atoms with Crippen LogP contribution in [0.3, 0.4) is 0 Å². The summed E-state index contributed by atoms with van der Waals surface area (Å²) in [5.41, 5.74) is 0.433. The topological polar surface area (TPSA) is 100.0 Å². The number of anilines is 1. The second-order valence-corrected chi connectivity index (χ2v) is 5.54. The van der Waals surface area contributed by atoms with Gasteiger partial charge in [-0.05, 0) is 6.07 Å². The second-order valence-electron chi connectivity index (χ2n) is 4.30. The number of hydrogen-bond donors (Lipinski definition) is 2. The maximum absolute atomic E-state index is 11.9. The smallest absolute Gasteiger partial charge is 0.303 e. The van der Waals surface area contributed by atoms with E-state index in [1.165, 1.54) is 11.1 Å². The van der Waals surface area contributed by atoms with Gasteiger partial charge in [-0.25, -0.2) is 9.55 Å². The number of aromatic nitrogens is 1. The van der Waals surface area contributed by atoms with Crippen molar-refractivity contribution in [1.29, 1.82) is 0 Å². The third-order valence-corrected chi connectivity index (χ3v) is 2.86. The Balaban J connectivity index is 2.96. The van der Waals surface area contributed by atoms with Gasteiger partial charge in [0.15, 0.2) is 0 Å². The van der Waals surface area contributed by atoms with Crippen LogP contribution < -0.4 is 4.90 Å². The number of phosphoric ester groups is 1. The summed E-state index contributed by atoms with van der Waals surface area (Å²) < 4.78 is 15.1. The molecule has 0 aliphatic rings. The first-order valence-electron chi connectivity index (χ1n) is 5.64. The third kappa shape index (κ3) is 4.72. The lowest BCUT2D eigenvalue weighted by Crippen LogP contribution is -2.31. The highest BCUT2D eigenvalue weighted by molar-refractivity contribution is 7.46. The fourth-order valence-electron chi connectivity index (χ4n) is 1.49. The van der Waals surface area contributed by atoms with E-state index in [0.717, 1.165) is 0 Å². The third-order valence-electron chi connectivity index (χ3n) is 2.40. The summed E-state index contributed by atoms with van der Waals surface area (Å²) in [5.74, 6) is -0.0201. The maximum Gasteiger partial charge on any atom is 0.469 e. The van der Waals surface area contributed by atoms with Gasteiger partial charge < -0.3 is 9.79 Å². The van der Waals surface area contributed by atoms with Gasteiger partial charge in [-0.3, -0.25) is 14.2 Å². The van der Waals surface area contributed by atoms with Crippen LogP contribution in [0, 0.1) is 5.92 Å². The molecular formula is C11H17N2O5P. The van der Waals surface area contributed by atoms with Crippen molar-refractivity contribution in [3.63, 3.8) is 0 Å². The molecule has 8 heteroatoms. The van der Waals surface area contributed by atoms with Gasteiger partial charge in [0.2, 0.25) is 5.91 Å². The van der Waals surface area contributed by atoms with Crippen molar-refractivity contribution in [2.45, 2.75) is 20.5 Å². The molecule has 0 fully saturated rings. The molecule has 0 aromatic carbocycles. The first kappa shape index (κ1) is 15.8. The van der Waals surface area contributed by atoms with Crippen LogP contribution in [0.4, 0.5) is 5.82 Å². The van der Waals surface area contributed by atoms with E-state index in [-0.39, 0.29) is 18.4 Å². The van der Waals surface area contributed by atoms with Crippen LogP contribution in [0.2, 0.25) is 0 Å². The van der Waals surface area contributed by atoms with E-state index in [1.807, 2.05) is 0 Å². The molecule has 1 amide bonds. The Hall–Kier alpha value is -1.27. The first-order valence-corrected chi connectivity index (χ1v) is 7.17. The minimum atomic E-state index is -4.56. The Labute approximate surface area is 111 Å². The Morgan fingerprint density at radius 1 is 1.53 bits per heavy atom. The van der Waals surface area contributed by atoms with Crippen LogP contribution in [-0.4, -0.2) is 27.7 Å². The summed E-state index contributed by atoms with van der Waals surface area (Å²) in [6.07, 6.45) is 1.50. The zero-order valence-electron chi connectivity index (χ0n) is 11.0. The highest BCUT2D eigenvalue weighted by atomic mass is 31.2. The molecule has 0 aliphatic carbocycles. The first-order chi connectivity index (χ1) is 8.72. The van der Waals surface area contributed by atoms with E-state index >= 15 is 0 Å². The molecule has 0 spiro atoms. The van der Waals surface area contributed by atoms with Gasteiger partial charge in [0.25, 0.3) is 0 Å². The van der Waals surface area contributed by atoms with Crippen LogP contribution in [0.5, 0.6) is 0 Å². The lowest BCUT2D eigenvalue weighted by molar-refractivity contribution is -0.121. The largest absolute Gasteiger partial charge is 0.469 e. The molecule has 1 rings (SSSR count). The summed E-state index contributed by atoms with van der Waals surface area (Å²) in [5, 5.41) is 0. The van der Waals surface area contributed by atoms with Crippen LogP contribution in [-0.2, 0) is 20.5 Å². The van der Waals surface area contributed by atoms with E-state index < -0.39 is 7.82 Å². The molecule has 0 bridgehead atoms. The fourth-order valence-corrected chi connectivity index (χ4v) is 1.80. The van der Waals surface area contributed by atoms with E-state index in [9.17, 15) is 9.36 Å². The summed E-state index contributed by atoms with van der Waals surface area (Å²) in [6.45, 7) is 3.20. The lowest BCUT2D eigenvalue weighted by Gasteiger charge is -2.21. The molecule has 106 valence electrons. The van der Waals surface area contributed by atoms with Crippen molar-refractivity contribution in [2.24, 2.45) is 5.92 Å². The SMILES string of the molecule is CC(C)C(=O)N(C)c1ncccc1COP(=O)(O)O. The van der Waals surface area contributed by atoms with Gasteiger partial charge in [-0.2, -0.15) is 0 Å². The zero-order valence-corrected chi connectivity index (χ0v) is 11.9. The van der Waals surface area contributed by atoms with Crippen LogP contribution in [0.1, 0.15) is 19.4 Å². The average Bonchev–Trinajstić information content (AvgIpc) is 2.34. The highest BCUT2D eigenvalue weighted by Gasteiger charge is 2.20. The minimum Gasteiger partial charge on any atom is -0.303 e. The van der Waals surface area contributed by atoms with Gasteiger partial charge in [0.1, 0.15) is 5.82 Å². The quantitative estimate of drug-likeness (QED) is 0.792. The molecule has 0 saturated heterocycles. The molecule has 0 radical (unpaired) electrons. The molecule has 0 unspecified atom stereocenters. The van der Waals surface area contributed by atoms with Crippen molar-refractivity contribution in [3.05, 3.63) is 23.9 Å². The standard InChI is InChI=1S/C11H17N2O5P/c1-8(2)11(14)13(3)10-9(5-4-6-12-10)7-18-19(15,16)17/h4-6,8H,7H2,1-3H3,(H2,15,16,17). The minimum absolute atomic E-state index is 0.142. The van der Waals surface area contributed by atoms with Gasteiger partial charge in [0.05, 0.1) is 6.61 Å². The number of rotatable bonds is 5. The molecule has 0 atom stereocenters. The lowest BCUT2D eigenvalue weighted by atomic mass is 10.2. The Morgan fingerprint density at radius 3 is 2.68 bits per heavy atom. The number of carbonyl (C=O) groups excluding carboxylic acids is 1. The number of carbonyl (C=O) groups is 1. The second kappa shape index (κ2) is 6.25. The Bertz CT molecular complexity index is 500. The predicted molar refractivity (Wildman–Crippen MR) is 69.3 cm³/mol. The normalized spacial score (nSPS) is 11.7. The number of amides is 1. The zero-order chi connectivity index (χ0) is 14.6. The Kier molecular flexibility index (Phi) is 5.20. The van der Waals surface area contributed by atoms with Crippen LogP contribution in [0.25, 0.3) is 0 Å². The van der Waals surface area contributed by atoms with Crippen LogP contribution >= 0.6 is 7.82 Å². The molecule has 19 heavy (non-hydrogen) atoms. The van der Waals surface area contributed by atoms with Crippen molar-refractivity contribution in [2.75, 3.05) is 11.9 Å². The van der Waals surface area contributed by atoms with E-state index in [0.29, 0.717) is 11.4 Å². The highest BCUT2D eigenvalue weighted by Crippen LogP contribution is 2.37. The monoisotopic (exact) mass is 288 g/mol. The predicted octanol–water partition coefficient (Wildman–Crippen LogP) is 1.31. The average molecular weight is 288 g/mol. The number of nitrogens with zero attached hydrogens (tertiary/aromatic N) is 2. The summed E-state index contributed by atoms with van der Waals surface area (Å²) in [7, 11) is -2.99. The molecule has 7 nitrogen and oxygen atoms in total. The van der Waals surface area contributed by atoms with Crippen molar-refractivity contribution in [1.82, 2.24) is 4.98 Å². The molecule has 0 aliphatic heterocycles. The number of phosphoric acid groups is 1. The number of pyridine rings is 1. The van der Waals surface area contributed by atoms with Crippen molar-refractivity contribution < 1.29 is 23.7 Å². The molecule has 1 aromatic heterocycles.